The lowest BCUT2D eigenvalue weighted by molar-refractivity contribution is 0.0674. The monoisotopic (exact) mass is 390 g/mol. The first-order valence-electron chi connectivity index (χ1n) is 9.99. The van der Waals surface area contributed by atoms with Crippen molar-refractivity contribution in [1.82, 2.24) is 19.9 Å². The topological polar surface area (TPSA) is 60.4 Å². The van der Waals surface area contributed by atoms with Crippen molar-refractivity contribution in [2.45, 2.75) is 32.0 Å². The van der Waals surface area contributed by atoms with Crippen molar-refractivity contribution in [2.24, 2.45) is 0 Å². The van der Waals surface area contributed by atoms with Crippen LogP contribution in [-0.2, 0) is 17.8 Å². The lowest BCUT2D eigenvalue weighted by Crippen LogP contribution is -2.31. The summed E-state index contributed by atoms with van der Waals surface area (Å²) in [5, 5.41) is 0. The SMILES string of the molecule is COc1ccc(-c2ncc(CN(Cc3ccccn3)CC3CCCO3)cn2)cc1. The molecule has 2 aromatic heterocycles. The Morgan fingerprint density at radius 2 is 1.86 bits per heavy atom. The third-order valence-corrected chi connectivity index (χ3v) is 5.06. The van der Waals surface area contributed by atoms with E-state index in [0.29, 0.717) is 11.9 Å². The van der Waals surface area contributed by atoms with Crippen molar-refractivity contribution >= 4 is 0 Å². The molecule has 0 aliphatic carbocycles. The van der Waals surface area contributed by atoms with E-state index < -0.39 is 0 Å². The summed E-state index contributed by atoms with van der Waals surface area (Å²) in [6.07, 6.45) is 8.21. The molecule has 1 saturated heterocycles. The normalized spacial score (nSPS) is 16.3. The Morgan fingerprint density at radius 1 is 1.03 bits per heavy atom. The Morgan fingerprint density at radius 3 is 2.52 bits per heavy atom. The molecule has 0 amide bonds. The van der Waals surface area contributed by atoms with Gasteiger partial charge in [0, 0.05) is 56.0 Å². The molecule has 6 nitrogen and oxygen atoms in total. The summed E-state index contributed by atoms with van der Waals surface area (Å²) in [6, 6.07) is 13.8. The van der Waals surface area contributed by atoms with Gasteiger partial charge in [0.05, 0.1) is 18.9 Å². The third kappa shape index (κ3) is 5.37. The molecule has 3 heterocycles. The van der Waals surface area contributed by atoms with Gasteiger partial charge in [-0.2, -0.15) is 0 Å². The van der Waals surface area contributed by atoms with E-state index in [-0.39, 0.29) is 0 Å². The molecule has 0 saturated carbocycles. The molecule has 4 rings (SSSR count). The Kier molecular flexibility index (Phi) is 6.44. The number of aromatic nitrogens is 3. The van der Waals surface area contributed by atoms with Crippen molar-refractivity contribution in [1.29, 1.82) is 0 Å². The van der Waals surface area contributed by atoms with Gasteiger partial charge in [-0.25, -0.2) is 9.97 Å². The van der Waals surface area contributed by atoms with Crippen molar-refractivity contribution in [3.63, 3.8) is 0 Å². The number of benzene rings is 1. The highest BCUT2D eigenvalue weighted by Crippen LogP contribution is 2.20. The van der Waals surface area contributed by atoms with Gasteiger partial charge in [-0.3, -0.25) is 9.88 Å². The Hall–Kier alpha value is -2.83. The van der Waals surface area contributed by atoms with Gasteiger partial charge in [0.15, 0.2) is 5.82 Å². The number of ether oxygens (including phenoxy) is 2. The average molecular weight is 390 g/mol. The molecule has 150 valence electrons. The van der Waals surface area contributed by atoms with Gasteiger partial charge in [-0.15, -0.1) is 0 Å². The fourth-order valence-electron chi connectivity index (χ4n) is 3.57. The number of rotatable bonds is 8. The molecule has 1 atom stereocenters. The van der Waals surface area contributed by atoms with Crippen LogP contribution in [0.2, 0.25) is 0 Å². The molecular formula is C23H26N4O2. The summed E-state index contributed by atoms with van der Waals surface area (Å²) in [7, 11) is 1.66. The molecule has 3 aromatic rings. The molecular weight excluding hydrogens is 364 g/mol. The minimum atomic E-state index is 0.290. The predicted molar refractivity (Wildman–Crippen MR) is 111 cm³/mol. The van der Waals surface area contributed by atoms with Crippen LogP contribution in [0.3, 0.4) is 0 Å². The van der Waals surface area contributed by atoms with E-state index in [1.165, 1.54) is 0 Å². The van der Waals surface area contributed by atoms with Gasteiger partial charge in [-0.1, -0.05) is 6.07 Å². The van der Waals surface area contributed by atoms with Crippen LogP contribution in [0, 0.1) is 0 Å². The smallest absolute Gasteiger partial charge is 0.159 e. The lowest BCUT2D eigenvalue weighted by Gasteiger charge is -2.24. The quantitative estimate of drug-likeness (QED) is 0.584. The Labute approximate surface area is 171 Å². The van der Waals surface area contributed by atoms with E-state index >= 15 is 0 Å². The van der Waals surface area contributed by atoms with Crippen LogP contribution >= 0.6 is 0 Å². The van der Waals surface area contributed by atoms with Crippen LogP contribution in [0.25, 0.3) is 11.4 Å². The average Bonchev–Trinajstić information content (AvgIpc) is 3.28. The molecule has 29 heavy (non-hydrogen) atoms. The van der Waals surface area contributed by atoms with Crippen LogP contribution < -0.4 is 4.74 Å². The van der Waals surface area contributed by atoms with Gasteiger partial charge in [0.1, 0.15) is 5.75 Å². The van der Waals surface area contributed by atoms with Crippen molar-refractivity contribution in [3.05, 3.63) is 72.3 Å². The molecule has 0 radical (unpaired) electrons. The number of hydrogen-bond donors (Lipinski definition) is 0. The fourth-order valence-corrected chi connectivity index (χ4v) is 3.57. The molecule has 1 fully saturated rings. The molecule has 0 N–H and O–H groups in total. The van der Waals surface area contributed by atoms with Crippen LogP contribution in [0.15, 0.2) is 61.1 Å². The highest BCUT2D eigenvalue weighted by molar-refractivity contribution is 5.55. The van der Waals surface area contributed by atoms with Gasteiger partial charge in [0.2, 0.25) is 0 Å². The minimum absolute atomic E-state index is 0.290. The predicted octanol–water partition coefficient (Wildman–Crippen LogP) is 3.73. The summed E-state index contributed by atoms with van der Waals surface area (Å²) in [6.45, 7) is 3.29. The second kappa shape index (κ2) is 9.58. The van der Waals surface area contributed by atoms with Crippen LogP contribution in [0.1, 0.15) is 24.1 Å². The summed E-state index contributed by atoms with van der Waals surface area (Å²) >= 11 is 0. The van der Waals surface area contributed by atoms with Gasteiger partial charge in [0.25, 0.3) is 0 Å². The van der Waals surface area contributed by atoms with E-state index in [2.05, 4.69) is 25.9 Å². The molecule has 0 bridgehead atoms. The van der Waals surface area contributed by atoms with Gasteiger partial charge >= 0.3 is 0 Å². The highest BCUT2D eigenvalue weighted by atomic mass is 16.5. The molecule has 0 spiro atoms. The third-order valence-electron chi connectivity index (χ3n) is 5.06. The lowest BCUT2D eigenvalue weighted by atomic mass is 10.2. The number of pyridine rings is 1. The van der Waals surface area contributed by atoms with Crippen LogP contribution in [-0.4, -0.2) is 46.2 Å². The molecule has 6 heteroatoms. The zero-order valence-corrected chi connectivity index (χ0v) is 16.7. The zero-order chi connectivity index (χ0) is 19.9. The Bertz CT molecular complexity index is 879. The van der Waals surface area contributed by atoms with Gasteiger partial charge < -0.3 is 9.47 Å². The van der Waals surface area contributed by atoms with Crippen molar-refractivity contribution < 1.29 is 9.47 Å². The van der Waals surface area contributed by atoms with E-state index in [1.54, 1.807) is 7.11 Å². The number of hydrogen-bond acceptors (Lipinski definition) is 6. The summed E-state index contributed by atoms with van der Waals surface area (Å²) < 4.78 is 11.1. The van der Waals surface area contributed by atoms with E-state index in [4.69, 9.17) is 9.47 Å². The van der Waals surface area contributed by atoms with E-state index in [9.17, 15) is 0 Å². The maximum atomic E-state index is 5.85. The van der Waals surface area contributed by atoms with E-state index in [0.717, 1.165) is 61.7 Å². The molecule has 1 unspecified atom stereocenters. The minimum Gasteiger partial charge on any atom is -0.497 e. The maximum Gasteiger partial charge on any atom is 0.159 e. The fraction of sp³-hybridized carbons (Fsp3) is 0.348. The number of methoxy groups -OCH3 is 1. The summed E-state index contributed by atoms with van der Waals surface area (Å²) in [5.74, 6) is 1.54. The molecule has 1 aliphatic heterocycles. The number of nitrogens with zero attached hydrogens (tertiary/aromatic N) is 4. The van der Waals surface area contributed by atoms with Crippen molar-refractivity contribution in [2.75, 3.05) is 20.3 Å². The van der Waals surface area contributed by atoms with Crippen LogP contribution in [0.5, 0.6) is 5.75 Å². The first-order valence-corrected chi connectivity index (χ1v) is 9.99. The zero-order valence-electron chi connectivity index (χ0n) is 16.7. The molecule has 1 aromatic carbocycles. The van der Waals surface area contributed by atoms with Gasteiger partial charge in [-0.05, 0) is 49.2 Å². The Balaban J connectivity index is 1.45. The largest absolute Gasteiger partial charge is 0.497 e. The summed E-state index contributed by atoms with van der Waals surface area (Å²) in [5.41, 5.74) is 3.11. The molecule has 1 aliphatic rings. The second-order valence-electron chi connectivity index (χ2n) is 7.27. The van der Waals surface area contributed by atoms with Crippen molar-refractivity contribution in [3.8, 4) is 17.1 Å². The summed E-state index contributed by atoms with van der Waals surface area (Å²) in [4.78, 5) is 16.0. The first-order chi connectivity index (χ1) is 14.3. The highest BCUT2D eigenvalue weighted by Gasteiger charge is 2.20. The first kappa shape index (κ1) is 19.5. The van der Waals surface area contributed by atoms with Crippen LogP contribution in [0.4, 0.5) is 0 Å². The maximum absolute atomic E-state index is 5.85. The second-order valence-corrected chi connectivity index (χ2v) is 7.27. The standard InChI is InChI=1S/C23H26N4O2/c1-28-21-9-7-19(8-10-21)23-25-13-18(14-26-23)15-27(17-22-6-4-12-29-22)16-20-5-2-3-11-24-20/h2-3,5,7-11,13-14,22H,4,6,12,15-17H2,1H3. The van der Waals surface area contributed by atoms with E-state index in [1.807, 2.05) is 55.0 Å².